The van der Waals surface area contributed by atoms with Gasteiger partial charge >= 0.3 is 5.63 Å². The largest absolute Gasteiger partial charge is 0.494 e. The van der Waals surface area contributed by atoms with Crippen molar-refractivity contribution in [3.8, 4) is 5.75 Å². The summed E-state index contributed by atoms with van der Waals surface area (Å²) in [6.07, 6.45) is 0. The maximum Gasteiger partial charge on any atom is 0.336 e. The molecule has 0 bridgehead atoms. The van der Waals surface area contributed by atoms with Crippen LogP contribution in [0, 0.1) is 0 Å². The number of rotatable bonds is 6. The summed E-state index contributed by atoms with van der Waals surface area (Å²) in [7, 11) is 0. The Kier molecular flexibility index (Phi) is 5.35. The average Bonchev–Trinajstić information content (AvgIpc) is 2.57. The molecule has 25 heavy (non-hydrogen) atoms. The molecule has 2 aromatic rings. The van der Waals surface area contributed by atoms with E-state index in [9.17, 15) is 9.59 Å². The van der Waals surface area contributed by atoms with Crippen LogP contribution in [-0.2, 0) is 11.3 Å². The highest BCUT2D eigenvalue weighted by molar-refractivity contribution is 5.81. The van der Waals surface area contributed by atoms with Gasteiger partial charge in [-0.25, -0.2) is 4.79 Å². The SMILES string of the molecule is CCOc1ccc2oc(=O)cc(CN3CCN(CC(N)=O)CC3)c2c1. The Balaban J connectivity index is 1.77. The van der Waals surface area contributed by atoms with Crippen LogP contribution in [0.5, 0.6) is 5.75 Å². The zero-order valence-corrected chi connectivity index (χ0v) is 14.4. The van der Waals surface area contributed by atoms with E-state index in [-0.39, 0.29) is 11.5 Å². The number of carbonyl (C=O) groups is 1. The van der Waals surface area contributed by atoms with E-state index in [0.29, 0.717) is 25.3 Å². The lowest BCUT2D eigenvalue weighted by Gasteiger charge is -2.34. The molecule has 0 radical (unpaired) electrons. The van der Waals surface area contributed by atoms with Crippen molar-refractivity contribution in [2.24, 2.45) is 5.73 Å². The average molecular weight is 345 g/mol. The van der Waals surface area contributed by atoms with Crippen molar-refractivity contribution in [3.63, 3.8) is 0 Å². The van der Waals surface area contributed by atoms with Crippen LogP contribution >= 0.6 is 0 Å². The molecule has 2 heterocycles. The second-order valence-electron chi connectivity index (χ2n) is 6.20. The van der Waals surface area contributed by atoms with Gasteiger partial charge in [0.25, 0.3) is 0 Å². The summed E-state index contributed by atoms with van der Waals surface area (Å²) in [6, 6.07) is 7.05. The van der Waals surface area contributed by atoms with Gasteiger partial charge in [-0.1, -0.05) is 0 Å². The van der Waals surface area contributed by atoms with Gasteiger partial charge in [0.05, 0.1) is 13.2 Å². The maximum absolute atomic E-state index is 11.9. The van der Waals surface area contributed by atoms with Crippen LogP contribution < -0.4 is 16.1 Å². The fourth-order valence-electron chi connectivity index (χ4n) is 3.16. The fraction of sp³-hybridized carbons (Fsp3) is 0.444. The van der Waals surface area contributed by atoms with Crippen LogP contribution in [0.4, 0.5) is 0 Å². The molecular weight excluding hydrogens is 322 g/mol. The molecule has 0 aliphatic carbocycles. The second-order valence-corrected chi connectivity index (χ2v) is 6.20. The van der Waals surface area contributed by atoms with Crippen LogP contribution in [0.1, 0.15) is 12.5 Å². The predicted molar refractivity (Wildman–Crippen MR) is 94.6 cm³/mol. The first-order valence-electron chi connectivity index (χ1n) is 8.47. The number of benzene rings is 1. The smallest absolute Gasteiger partial charge is 0.336 e. The summed E-state index contributed by atoms with van der Waals surface area (Å²) < 4.78 is 10.9. The van der Waals surface area contributed by atoms with Crippen LogP contribution in [0.3, 0.4) is 0 Å². The van der Waals surface area contributed by atoms with Gasteiger partial charge in [0.1, 0.15) is 11.3 Å². The maximum atomic E-state index is 11.9. The number of carbonyl (C=O) groups excluding carboxylic acids is 1. The summed E-state index contributed by atoms with van der Waals surface area (Å²) >= 11 is 0. The summed E-state index contributed by atoms with van der Waals surface area (Å²) in [5.41, 5.74) is 6.39. The Morgan fingerprint density at radius 2 is 1.92 bits per heavy atom. The van der Waals surface area contributed by atoms with E-state index >= 15 is 0 Å². The number of nitrogens with two attached hydrogens (primary N) is 1. The second kappa shape index (κ2) is 7.67. The molecule has 0 unspecified atom stereocenters. The number of amides is 1. The van der Waals surface area contributed by atoms with Crippen LogP contribution in [0.2, 0.25) is 0 Å². The Bertz CT molecular complexity index is 810. The van der Waals surface area contributed by atoms with Gasteiger partial charge in [-0.2, -0.15) is 0 Å². The monoisotopic (exact) mass is 345 g/mol. The quantitative estimate of drug-likeness (QED) is 0.779. The van der Waals surface area contributed by atoms with Crippen molar-refractivity contribution >= 4 is 16.9 Å². The molecule has 1 aromatic carbocycles. The zero-order valence-electron chi connectivity index (χ0n) is 14.4. The molecule has 1 saturated heterocycles. The fourth-order valence-corrected chi connectivity index (χ4v) is 3.16. The molecule has 1 aliphatic heterocycles. The number of primary amides is 1. The molecule has 1 amide bonds. The van der Waals surface area contributed by atoms with E-state index in [0.717, 1.165) is 42.9 Å². The lowest BCUT2D eigenvalue weighted by Crippen LogP contribution is -2.48. The lowest BCUT2D eigenvalue weighted by atomic mass is 10.1. The van der Waals surface area contributed by atoms with Crippen LogP contribution in [-0.4, -0.2) is 55.0 Å². The first-order chi connectivity index (χ1) is 12.0. The summed E-state index contributed by atoms with van der Waals surface area (Å²) in [6.45, 7) is 6.67. The minimum absolute atomic E-state index is 0.295. The van der Waals surface area contributed by atoms with E-state index in [1.54, 1.807) is 18.2 Å². The highest BCUT2D eigenvalue weighted by Crippen LogP contribution is 2.24. The zero-order chi connectivity index (χ0) is 17.8. The van der Waals surface area contributed by atoms with Crippen molar-refractivity contribution in [3.05, 3.63) is 40.2 Å². The number of hydrogen-bond acceptors (Lipinski definition) is 6. The minimum atomic E-state index is -0.348. The highest BCUT2D eigenvalue weighted by Gasteiger charge is 2.19. The lowest BCUT2D eigenvalue weighted by molar-refractivity contribution is -0.119. The number of ether oxygens (including phenoxy) is 1. The molecule has 0 saturated carbocycles. The topological polar surface area (TPSA) is 89.0 Å². The van der Waals surface area contributed by atoms with Gasteiger partial charge in [-0.3, -0.25) is 14.6 Å². The molecule has 2 N–H and O–H groups in total. The van der Waals surface area contributed by atoms with Gasteiger partial charge in [-0.05, 0) is 30.7 Å². The van der Waals surface area contributed by atoms with Crippen molar-refractivity contribution in [2.45, 2.75) is 13.5 Å². The molecule has 1 fully saturated rings. The van der Waals surface area contributed by atoms with Gasteiger partial charge in [0, 0.05) is 44.2 Å². The number of nitrogens with zero attached hydrogens (tertiary/aromatic N) is 2. The van der Waals surface area contributed by atoms with E-state index < -0.39 is 0 Å². The molecular formula is C18H23N3O4. The van der Waals surface area contributed by atoms with Gasteiger partial charge < -0.3 is 14.9 Å². The van der Waals surface area contributed by atoms with E-state index in [4.69, 9.17) is 14.9 Å². The Morgan fingerprint density at radius 3 is 2.60 bits per heavy atom. The Hall–Kier alpha value is -2.38. The molecule has 0 spiro atoms. The van der Waals surface area contributed by atoms with Crippen LogP contribution in [0.15, 0.2) is 33.5 Å². The first-order valence-corrected chi connectivity index (χ1v) is 8.47. The van der Waals surface area contributed by atoms with Crippen molar-refractivity contribution in [1.29, 1.82) is 0 Å². The van der Waals surface area contributed by atoms with Crippen molar-refractivity contribution < 1.29 is 13.9 Å². The molecule has 0 atom stereocenters. The number of piperazine rings is 1. The van der Waals surface area contributed by atoms with Gasteiger partial charge in [-0.15, -0.1) is 0 Å². The molecule has 3 rings (SSSR count). The molecule has 1 aromatic heterocycles. The first kappa shape index (κ1) is 17.4. The standard InChI is InChI=1S/C18H23N3O4/c1-2-24-14-3-4-16-15(10-14)13(9-18(23)25-16)11-20-5-7-21(8-6-20)12-17(19)22/h3-4,9-10H,2,5-8,11-12H2,1H3,(H2,19,22). The molecule has 134 valence electrons. The highest BCUT2D eigenvalue weighted by atomic mass is 16.5. The number of fused-ring (bicyclic) bond motifs is 1. The molecule has 1 aliphatic rings. The minimum Gasteiger partial charge on any atom is -0.494 e. The molecule has 7 heteroatoms. The normalized spacial score (nSPS) is 16.2. The van der Waals surface area contributed by atoms with Crippen molar-refractivity contribution in [2.75, 3.05) is 39.3 Å². The Labute approximate surface area is 145 Å². The third-order valence-corrected chi connectivity index (χ3v) is 4.35. The van der Waals surface area contributed by atoms with Gasteiger partial charge in [0.15, 0.2) is 0 Å². The van der Waals surface area contributed by atoms with Crippen LogP contribution in [0.25, 0.3) is 11.0 Å². The summed E-state index contributed by atoms with van der Waals surface area (Å²) in [4.78, 5) is 27.2. The summed E-state index contributed by atoms with van der Waals surface area (Å²) in [5.74, 6) is 0.458. The van der Waals surface area contributed by atoms with Gasteiger partial charge in [0.2, 0.25) is 5.91 Å². The van der Waals surface area contributed by atoms with E-state index in [1.165, 1.54) is 0 Å². The Morgan fingerprint density at radius 1 is 1.20 bits per heavy atom. The summed E-state index contributed by atoms with van der Waals surface area (Å²) in [5, 5.41) is 0.894. The van der Waals surface area contributed by atoms with E-state index in [2.05, 4.69) is 4.90 Å². The third kappa shape index (κ3) is 4.37. The predicted octanol–water partition coefficient (Wildman–Crippen LogP) is 0.795. The van der Waals surface area contributed by atoms with E-state index in [1.807, 2.05) is 17.9 Å². The third-order valence-electron chi connectivity index (χ3n) is 4.35. The van der Waals surface area contributed by atoms with Crippen molar-refractivity contribution in [1.82, 2.24) is 9.80 Å². The molecule has 7 nitrogen and oxygen atoms in total. The number of hydrogen-bond donors (Lipinski definition) is 1.